The minimum Gasteiger partial charge on any atom is -0.396 e. The van der Waals surface area contributed by atoms with E-state index < -0.39 is 29.4 Å². The number of fused-ring (bicyclic) bond motifs is 1. The Morgan fingerprint density at radius 2 is 1.84 bits per heavy atom. The molecule has 4 N–H and O–H groups in total. The number of rotatable bonds is 8. The lowest BCUT2D eigenvalue weighted by molar-refractivity contribution is -0.139. The summed E-state index contributed by atoms with van der Waals surface area (Å²) in [5, 5.41) is 32.4. The van der Waals surface area contributed by atoms with E-state index in [0.717, 1.165) is 5.56 Å². The van der Waals surface area contributed by atoms with Gasteiger partial charge in [-0.25, -0.2) is 0 Å². The molecule has 0 unspecified atom stereocenters. The van der Waals surface area contributed by atoms with Gasteiger partial charge in [0.1, 0.15) is 6.10 Å². The summed E-state index contributed by atoms with van der Waals surface area (Å²) < 4.78 is 0. The Labute approximate surface area is 181 Å². The highest BCUT2D eigenvalue weighted by Gasteiger charge is 2.52. The van der Waals surface area contributed by atoms with Crippen LogP contribution in [-0.4, -0.2) is 39.8 Å². The van der Waals surface area contributed by atoms with E-state index in [-0.39, 0.29) is 13.2 Å². The predicted molar refractivity (Wildman–Crippen MR) is 118 cm³/mol. The fourth-order valence-electron chi connectivity index (χ4n) is 3.70. The third kappa shape index (κ3) is 4.54. The van der Waals surface area contributed by atoms with Gasteiger partial charge in [-0.3, -0.25) is 9.59 Å². The number of nitrogens with zero attached hydrogens (tertiary/aromatic N) is 1. The van der Waals surface area contributed by atoms with Crippen LogP contribution < -0.4 is 10.2 Å². The summed E-state index contributed by atoms with van der Waals surface area (Å²) >= 11 is 0. The second kappa shape index (κ2) is 9.43. The van der Waals surface area contributed by atoms with Crippen LogP contribution in [0.25, 0.3) is 0 Å². The zero-order chi connectivity index (χ0) is 22.6. The maximum atomic E-state index is 13.4. The molecule has 3 atom stereocenters. The Morgan fingerprint density at radius 1 is 1.16 bits per heavy atom. The molecule has 0 saturated heterocycles. The van der Waals surface area contributed by atoms with Gasteiger partial charge in [-0.15, -0.1) is 0 Å². The van der Waals surface area contributed by atoms with Crippen molar-refractivity contribution in [1.29, 1.82) is 0 Å². The van der Waals surface area contributed by atoms with Crippen LogP contribution >= 0.6 is 0 Å². The first-order chi connectivity index (χ1) is 14.8. The van der Waals surface area contributed by atoms with Crippen molar-refractivity contribution in [3.05, 3.63) is 71.8 Å². The topological polar surface area (TPSA) is 110 Å². The molecule has 7 heteroatoms. The van der Waals surface area contributed by atoms with Crippen molar-refractivity contribution >= 4 is 23.2 Å². The minimum atomic E-state index is -1.69. The molecule has 0 fully saturated rings. The summed E-state index contributed by atoms with van der Waals surface area (Å²) in [7, 11) is 0. The Hall–Kier alpha value is -3.00. The second-order valence-corrected chi connectivity index (χ2v) is 7.77. The van der Waals surface area contributed by atoms with Crippen LogP contribution in [0.5, 0.6) is 0 Å². The van der Waals surface area contributed by atoms with E-state index in [4.69, 9.17) is 5.11 Å². The molecule has 0 radical (unpaired) electrons. The van der Waals surface area contributed by atoms with Gasteiger partial charge >= 0.3 is 0 Å². The molecule has 0 spiro atoms. The molecule has 0 saturated carbocycles. The van der Waals surface area contributed by atoms with Gasteiger partial charge in [-0.2, -0.15) is 0 Å². The van der Waals surface area contributed by atoms with E-state index in [0.29, 0.717) is 23.4 Å². The third-order valence-corrected chi connectivity index (χ3v) is 5.50. The van der Waals surface area contributed by atoms with E-state index in [1.807, 2.05) is 12.1 Å². The number of carbonyl (C=O) groups excluding carboxylic acids is 2. The molecule has 1 aliphatic rings. The Kier molecular flexibility index (Phi) is 6.90. The average Bonchev–Trinajstić information content (AvgIpc) is 2.98. The van der Waals surface area contributed by atoms with Crippen molar-refractivity contribution < 1.29 is 24.9 Å². The van der Waals surface area contributed by atoms with Crippen molar-refractivity contribution in [3.63, 3.8) is 0 Å². The number of anilines is 2. The highest BCUT2D eigenvalue weighted by molar-refractivity contribution is 6.07. The van der Waals surface area contributed by atoms with Crippen LogP contribution in [0.4, 0.5) is 11.4 Å². The van der Waals surface area contributed by atoms with Crippen molar-refractivity contribution in [2.24, 2.45) is 5.92 Å². The van der Waals surface area contributed by atoms with Crippen molar-refractivity contribution in [2.75, 3.05) is 16.8 Å². The highest BCUT2D eigenvalue weighted by atomic mass is 16.3. The lowest BCUT2D eigenvalue weighted by Gasteiger charge is -2.27. The second-order valence-electron chi connectivity index (χ2n) is 7.77. The summed E-state index contributed by atoms with van der Waals surface area (Å²) in [6, 6.07) is 14.2. The van der Waals surface area contributed by atoms with Crippen molar-refractivity contribution in [3.8, 4) is 0 Å². The number of para-hydroxylation sites is 1. The molecule has 2 amide bonds. The monoisotopic (exact) mass is 424 g/mol. The molecule has 164 valence electrons. The van der Waals surface area contributed by atoms with Gasteiger partial charge in [-0.05, 0) is 37.1 Å². The van der Waals surface area contributed by atoms with Crippen LogP contribution in [-0.2, 0) is 21.7 Å². The fraction of sp³-hybridized carbons (Fsp3) is 0.333. The normalized spacial score (nSPS) is 20.0. The SMILES string of the molecule is C[C@H](O)C(=O)Nc1ccc(CN2C(=O)[C@@](O)([C@@H](C)/C=C/CCO)c3ccccc32)cc1. The van der Waals surface area contributed by atoms with E-state index in [1.54, 1.807) is 60.4 Å². The van der Waals surface area contributed by atoms with Crippen LogP contribution in [0.3, 0.4) is 0 Å². The average molecular weight is 424 g/mol. The van der Waals surface area contributed by atoms with Gasteiger partial charge in [0.05, 0.1) is 12.2 Å². The van der Waals surface area contributed by atoms with Gasteiger partial charge in [0.2, 0.25) is 0 Å². The molecular weight excluding hydrogens is 396 g/mol. The molecule has 3 rings (SSSR count). The van der Waals surface area contributed by atoms with Crippen LogP contribution in [0.2, 0.25) is 0 Å². The van der Waals surface area contributed by atoms with E-state index in [2.05, 4.69) is 5.32 Å². The van der Waals surface area contributed by atoms with Gasteiger partial charge in [0, 0.05) is 23.8 Å². The first-order valence-electron chi connectivity index (χ1n) is 10.3. The number of carbonyl (C=O) groups is 2. The Balaban J connectivity index is 1.84. The predicted octanol–water partition coefficient (Wildman–Crippen LogP) is 2.31. The van der Waals surface area contributed by atoms with Crippen molar-refractivity contribution in [1.82, 2.24) is 0 Å². The van der Waals surface area contributed by atoms with E-state index in [9.17, 15) is 19.8 Å². The van der Waals surface area contributed by atoms with E-state index in [1.165, 1.54) is 6.92 Å². The van der Waals surface area contributed by atoms with Gasteiger partial charge < -0.3 is 25.5 Å². The number of nitrogens with one attached hydrogen (secondary N) is 1. The lowest BCUT2D eigenvalue weighted by atomic mass is 9.83. The lowest BCUT2D eigenvalue weighted by Crippen LogP contribution is -2.44. The first kappa shape index (κ1) is 22.7. The largest absolute Gasteiger partial charge is 0.396 e. The molecule has 2 aromatic carbocycles. The minimum absolute atomic E-state index is 0.00593. The summed E-state index contributed by atoms with van der Waals surface area (Å²) in [6.07, 6.45) is 2.87. The zero-order valence-electron chi connectivity index (χ0n) is 17.7. The maximum Gasteiger partial charge on any atom is 0.264 e. The van der Waals surface area contributed by atoms with Gasteiger partial charge in [0.25, 0.3) is 11.8 Å². The zero-order valence-corrected chi connectivity index (χ0v) is 17.7. The number of amides is 2. The molecule has 31 heavy (non-hydrogen) atoms. The van der Waals surface area contributed by atoms with Crippen molar-refractivity contribution in [2.45, 2.75) is 38.5 Å². The maximum absolute atomic E-state index is 13.4. The molecule has 0 aliphatic carbocycles. The number of hydrogen-bond donors (Lipinski definition) is 4. The summed E-state index contributed by atoms with van der Waals surface area (Å²) in [6.45, 7) is 3.44. The Morgan fingerprint density at radius 3 is 2.48 bits per heavy atom. The van der Waals surface area contributed by atoms with Gasteiger partial charge in [0.15, 0.2) is 5.60 Å². The smallest absolute Gasteiger partial charge is 0.264 e. The first-order valence-corrected chi connectivity index (χ1v) is 10.3. The summed E-state index contributed by atoms with van der Waals surface area (Å²) in [5.74, 6) is -1.37. The molecule has 2 aromatic rings. The Bertz CT molecular complexity index is 970. The number of hydrogen-bond acceptors (Lipinski definition) is 5. The van der Waals surface area contributed by atoms with Crippen LogP contribution in [0, 0.1) is 5.92 Å². The quantitative estimate of drug-likeness (QED) is 0.486. The number of benzene rings is 2. The number of aliphatic hydroxyl groups excluding tert-OH is 2. The standard InChI is InChI=1S/C24H28N2O5/c1-16(7-5-6-14-27)24(31)20-8-3-4-9-21(20)26(23(24)30)15-18-10-12-19(13-11-18)25-22(29)17(2)28/h3-5,7-13,16-17,27-28,31H,6,14-15H2,1-2H3,(H,25,29)/b7-5+/t16-,17-,24+/m0/s1. The van der Waals surface area contributed by atoms with Crippen LogP contribution in [0.15, 0.2) is 60.7 Å². The summed E-state index contributed by atoms with van der Waals surface area (Å²) in [5.41, 5.74) is 0.895. The number of aliphatic hydroxyl groups is 3. The van der Waals surface area contributed by atoms with Gasteiger partial charge in [-0.1, -0.05) is 49.4 Å². The highest BCUT2D eigenvalue weighted by Crippen LogP contribution is 2.45. The molecule has 0 aromatic heterocycles. The van der Waals surface area contributed by atoms with Crippen LogP contribution in [0.1, 0.15) is 31.4 Å². The van der Waals surface area contributed by atoms with E-state index >= 15 is 0 Å². The third-order valence-electron chi connectivity index (χ3n) is 5.50. The fourth-order valence-corrected chi connectivity index (χ4v) is 3.70. The molecule has 0 bridgehead atoms. The molecule has 7 nitrogen and oxygen atoms in total. The molecule has 1 heterocycles. The molecular formula is C24H28N2O5. The summed E-state index contributed by atoms with van der Waals surface area (Å²) in [4.78, 5) is 26.5. The molecule has 1 aliphatic heterocycles.